The number of benzene rings is 1. The Bertz CT molecular complexity index is 311. The van der Waals surface area contributed by atoms with E-state index in [0.29, 0.717) is 0 Å². The monoisotopic (exact) mass is 213 g/mol. The van der Waals surface area contributed by atoms with Gasteiger partial charge in [0, 0.05) is 5.69 Å². The molecule has 0 aliphatic carbocycles. The SMILES string of the molecule is Cl.N=C(N)NC(=N)Nc1ccccc1. The maximum absolute atomic E-state index is 7.31. The normalized spacial score (nSPS) is 8.29. The highest BCUT2D eigenvalue weighted by Gasteiger charge is 1.96. The van der Waals surface area contributed by atoms with Crippen molar-refractivity contribution in [3.05, 3.63) is 30.3 Å². The van der Waals surface area contributed by atoms with E-state index < -0.39 is 0 Å². The van der Waals surface area contributed by atoms with Crippen molar-refractivity contribution < 1.29 is 0 Å². The number of nitrogens with two attached hydrogens (primary N) is 1. The van der Waals surface area contributed by atoms with Gasteiger partial charge in [0.05, 0.1) is 0 Å². The Labute approximate surface area is 88.1 Å². The summed E-state index contributed by atoms with van der Waals surface area (Å²) in [5.74, 6) is -0.271. The second-order valence-corrected chi connectivity index (χ2v) is 2.40. The average molecular weight is 214 g/mol. The van der Waals surface area contributed by atoms with Gasteiger partial charge in [0.25, 0.3) is 0 Å². The van der Waals surface area contributed by atoms with Gasteiger partial charge >= 0.3 is 0 Å². The third kappa shape index (κ3) is 4.32. The van der Waals surface area contributed by atoms with Crippen molar-refractivity contribution in [1.29, 1.82) is 10.8 Å². The molecule has 0 amide bonds. The highest BCUT2D eigenvalue weighted by Crippen LogP contribution is 2.03. The molecule has 76 valence electrons. The number of guanidine groups is 2. The molecule has 0 saturated carbocycles. The average Bonchev–Trinajstić information content (AvgIpc) is 2.04. The van der Waals surface area contributed by atoms with Gasteiger partial charge in [0.15, 0.2) is 11.9 Å². The van der Waals surface area contributed by atoms with E-state index in [1.807, 2.05) is 30.3 Å². The molecule has 0 bridgehead atoms. The van der Waals surface area contributed by atoms with Crippen LogP contribution in [0.25, 0.3) is 0 Å². The van der Waals surface area contributed by atoms with Gasteiger partial charge in [-0.15, -0.1) is 12.4 Å². The molecule has 6 heteroatoms. The minimum absolute atomic E-state index is 0. The Balaban J connectivity index is 0.00000169. The molecule has 0 aliphatic heterocycles. The Morgan fingerprint density at radius 2 is 1.71 bits per heavy atom. The van der Waals surface area contributed by atoms with Gasteiger partial charge in [-0.25, -0.2) is 0 Å². The quantitative estimate of drug-likeness (QED) is 0.355. The predicted octanol–water partition coefficient (Wildman–Crippen LogP) is 0.938. The minimum atomic E-state index is -0.256. The Hall–Kier alpha value is -1.75. The zero-order chi connectivity index (χ0) is 9.68. The van der Waals surface area contributed by atoms with Crippen LogP contribution in [0.1, 0.15) is 0 Å². The van der Waals surface area contributed by atoms with E-state index in [-0.39, 0.29) is 24.3 Å². The van der Waals surface area contributed by atoms with Crippen molar-refractivity contribution in [3.8, 4) is 0 Å². The molecule has 1 rings (SSSR count). The number of hydrogen-bond donors (Lipinski definition) is 5. The predicted molar refractivity (Wildman–Crippen MR) is 60.1 cm³/mol. The Morgan fingerprint density at radius 1 is 1.14 bits per heavy atom. The summed E-state index contributed by atoms with van der Waals surface area (Å²) >= 11 is 0. The second-order valence-electron chi connectivity index (χ2n) is 2.40. The molecule has 0 spiro atoms. The molecule has 5 nitrogen and oxygen atoms in total. The molecule has 0 heterocycles. The smallest absolute Gasteiger partial charge is 0.199 e. The van der Waals surface area contributed by atoms with E-state index in [1.54, 1.807) is 0 Å². The van der Waals surface area contributed by atoms with Crippen LogP contribution in [0.3, 0.4) is 0 Å². The molecule has 14 heavy (non-hydrogen) atoms. The molecular formula is C8H12ClN5. The fraction of sp³-hybridized carbons (Fsp3) is 0. The Morgan fingerprint density at radius 3 is 2.21 bits per heavy atom. The van der Waals surface area contributed by atoms with Crippen LogP contribution >= 0.6 is 12.4 Å². The van der Waals surface area contributed by atoms with Crippen LogP contribution in [0.4, 0.5) is 5.69 Å². The van der Waals surface area contributed by atoms with Crippen LogP contribution in [0, 0.1) is 10.8 Å². The standard InChI is InChI=1S/C8H11N5.ClH/c9-7(10)13-8(11)12-6-4-2-1-3-5-6;/h1-5H,(H6,9,10,11,12,13);1H. The van der Waals surface area contributed by atoms with Crippen molar-refractivity contribution in [1.82, 2.24) is 5.32 Å². The summed E-state index contributed by atoms with van der Waals surface area (Å²) in [5.41, 5.74) is 5.82. The summed E-state index contributed by atoms with van der Waals surface area (Å²) in [4.78, 5) is 0. The summed E-state index contributed by atoms with van der Waals surface area (Å²) in [6.07, 6.45) is 0. The maximum Gasteiger partial charge on any atom is 0.199 e. The zero-order valence-corrected chi connectivity index (χ0v) is 8.19. The lowest BCUT2D eigenvalue weighted by Crippen LogP contribution is -2.39. The molecule has 0 unspecified atom stereocenters. The highest BCUT2D eigenvalue weighted by atomic mass is 35.5. The van der Waals surface area contributed by atoms with E-state index >= 15 is 0 Å². The van der Waals surface area contributed by atoms with Crippen LogP contribution in [-0.4, -0.2) is 11.9 Å². The molecule has 1 aromatic rings. The fourth-order valence-corrected chi connectivity index (χ4v) is 0.832. The summed E-state index contributed by atoms with van der Waals surface area (Å²) in [6.45, 7) is 0. The van der Waals surface area contributed by atoms with Gasteiger partial charge in [0.1, 0.15) is 0 Å². The molecule has 0 fully saturated rings. The molecule has 0 radical (unpaired) electrons. The second kappa shape index (κ2) is 5.82. The van der Waals surface area contributed by atoms with Gasteiger partial charge in [-0.2, -0.15) is 0 Å². The molecule has 0 aliphatic rings. The number of para-hydroxylation sites is 1. The summed E-state index contributed by atoms with van der Waals surface area (Å²) < 4.78 is 0. The lowest BCUT2D eigenvalue weighted by atomic mass is 10.3. The number of halogens is 1. The molecule has 0 atom stereocenters. The van der Waals surface area contributed by atoms with Crippen molar-refractivity contribution in [2.45, 2.75) is 0 Å². The van der Waals surface area contributed by atoms with Crippen LogP contribution in [-0.2, 0) is 0 Å². The summed E-state index contributed by atoms with van der Waals surface area (Å²) in [6, 6.07) is 9.21. The lowest BCUT2D eigenvalue weighted by molar-refractivity contribution is 1.20. The molecule has 0 saturated heterocycles. The highest BCUT2D eigenvalue weighted by molar-refractivity contribution is 6.02. The first-order chi connectivity index (χ1) is 6.18. The van der Waals surface area contributed by atoms with Gasteiger partial charge in [0.2, 0.25) is 0 Å². The third-order valence-corrected chi connectivity index (χ3v) is 1.30. The summed E-state index contributed by atoms with van der Waals surface area (Å²) in [5, 5.41) is 19.2. The first-order valence-corrected chi connectivity index (χ1v) is 3.70. The van der Waals surface area contributed by atoms with Gasteiger partial charge < -0.3 is 11.1 Å². The first kappa shape index (κ1) is 12.2. The van der Waals surface area contributed by atoms with E-state index in [1.165, 1.54) is 0 Å². The van der Waals surface area contributed by atoms with E-state index in [4.69, 9.17) is 16.6 Å². The Kier molecular flexibility index (Phi) is 5.09. The molecule has 6 N–H and O–H groups in total. The van der Waals surface area contributed by atoms with Crippen LogP contribution in [0.15, 0.2) is 30.3 Å². The van der Waals surface area contributed by atoms with E-state index in [0.717, 1.165) is 5.69 Å². The van der Waals surface area contributed by atoms with Crippen LogP contribution in [0.2, 0.25) is 0 Å². The number of nitrogens with one attached hydrogen (secondary N) is 4. The molecular weight excluding hydrogens is 202 g/mol. The topological polar surface area (TPSA) is 97.8 Å². The minimum Gasteiger partial charge on any atom is -0.370 e. The van der Waals surface area contributed by atoms with Crippen LogP contribution in [0.5, 0.6) is 0 Å². The summed E-state index contributed by atoms with van der Waals surface area (Å²) in [7, 11) is 0. The first-order valence-electron chi connectivity index (χ1n) is 3.70. The molecule has 0 aromatic heterocycles. The third-order valence-electron chi connectivity index (χ3n) is 1.30. The fourth-order valence-electron chi connectivity index (χ4n) is 0.832. The van der Waals surface area contributed by atoms with Crippen molar-refractivity contribution >= 4 is 30.0 Å². The van der Waals surface area contributed by atoms with E-state index in [2.05, 4.69) is 10.6 Å². The van der Waals surface area contributed by atoms with Gasteiger partial charge in [-0.05, 0) is 12.1 Å². The van der Waals surface area contributed by atoms with Crippen LogP contribution < -0.4 is 16.4 Å². The lowest BCUT2D eigenvalue weighted by Gasteiger charge is -2.07. The van der Waals surface area contributed by atoms with Gasteiger partial charge in [-0.1, -0.05) is 18.2 Å². The number of rotatable bonds is 1. The largest absolute Gasteiger partial charge is 0.370 e. The maximum atomic E-state index is 7.31. The van der Waals surface area contributed by atoms with Crippen molar-refractivity contribution in [2.24, 2.45) is 5.73 Å². The van der Waals surface area contributed by atoms with Crippen molar-refractivity contribution in [3.63, 3.8) is 0 Å². The van der Waals surface area contributed by atoms with E-state index in [9.17, 15) is 0 Å². The van der Waals surface area contributed by atoms with Gasteiger partial charge in [-0.3, -0.25) is 16.1 Å². The van der Waals surface area contributed by atoms with Crippen molar-refractivity contribution in [2.75, 3.05) is 5.32 Å². The number of hydrogen-bond acceptors (Lipinski definition) is 2. The number of anilines is 1. The molecule has 1 aromatic carbocycles. The zero-order valence-electron chi connectivity index (χ0n) is 7.37.